The second-order valence-electron chi connectivity index (χ2n) is 9.67. The highest BCUT2D eigenvalue weighted by atomic mass is 35.5. The second kappa shape index (κ2) is 13.7. The first-order valence-electron chi connectivity index (χ1n) is 13.6. The molecular weight excluding hydrogens is 590 g/mol. The zero-order valence-corrected chi connectivity index (χ0v) is 24.3. The van der Waals surface area contributed by atoms with E-state index in [2.05, 4.69) is 32.2 Å². The molecule has 0 saturated carbocycles. The topological polar surface area (TPSA) is 157 Å². The van der Waals surface area contributed by atoms with Gasteiger partial charge in [-0.3, -0.25) is 4.79 Å². The number of imidazole rings is 1. The van der Waals surface area contributed by atoms with Gasteiger partial charge in [0.1, 0.15) is 23.9 Å². The smallest absolute Gasteiger partial charge is 0.408 e. The van der Waals surface area contributed by atoms with Crippen LogP contribution in [-0.2, 0) is 24.4 Å². The number of tetrazole rings is 1. The molecule has 0 aliphatic rings. The summed E-state index contributed by atoms with van der Waals surface area (Å²) in [5.74, 6) is 1.12. The van der Waals surface area contributed by atoms with Gasteiger partial charge in [-0.15, -0.1) is 20.3 Å². The third-order valence-electron chi connectivity index (χ3n) is 6.70. The number of hydrogen-bond donors (Lipinski definition) is 0. The fourth-order valence-electron chi connectivity index (χ4n) is 4.57. The fraction of sp³-hybridized carbons (Fsp3) is 0.200. The third-order valence-corrected chi connectivity index (χ3v) is 6.98. The Labute approximate surface area is 256 Å². The summed E-state index contributed by atoms with van der Waals surface area (Å²) in [6, 6.07) is 21.4. The Morgan fingerprint density at radius 2 is 1.82 bits per heavy atom. The highest BCUT2D eigenvalue weighted by Gasteiger charge is 2.18. The molecule has 0 fully saturated rings. The summed E-state index contributed by atoms with van der Waals surface area (Å²) in [6.45, 7) is 2.24. The first-order valence-corrected chi connectivity index (χ1v) is 14.0. The van der Waals surface area contributed by atoms with E-state index in [4.69, 9.17) is 16.3 Å². The Morgan fingerprint density at radius 1 is 1.05 bits per heavy atom. The molecule has 14 heteroatoms. The highest BCUT2D eigenvalue weighted by molar-refractivity contribution is 6.31. The molecule has 3 aromatic carbocycles. The summed E-state index contributed by atoms with van der Waals surface area (Å²) in [6.07, 6.45) is 2.48. The molecule has 0 N–H and O–H groups in total. The van der Waals surface area contributed by atoms with Crippen LogP contribution in [0.15, 0.2) is 72.8 Å². The number of ether oxygens (including phenoxy) is 1. The zero-order chi connectivity index (χ0) is 31.1. The van der Waals surface area contributed by atoms with E-state index in [1.165, 1.54) is 12.1 Å². The maximum absolute atomic E-state index is 12.7. The van der Waals surface area contributed by atoms with Crippen LogP contribution in [-0.4, -0.2) is 47.2 Å². The van der Waals surface area contributed by atoms with Crippen molar-refractivity contribution in [1.29, 1.82) is 0 Å². The van der Waals surface area contributed by atoms with E-state index in [9.17, 15) is 19.7 Å². The number of carbonyl (C=O) groups excluding carboxylic acids is 2. The standard InChI is InChI=1S/C30H26ClN7O6/c1-2-3-11-27-32-28(31)26(18-39)36(27)17-20-12-14-22(15-13-20)24-9-4-5-10-25(24)29-33-35-37(34-29)30(40)44-23-8-6-7-21(16-23)19-43-38(41)42/h4-10,12-16,18H,2-3,11,17,19H2,1H3. The number of hydrogen-bond acceptors (Lipinski definition) is 10. The molecule has 224 valence electrons. The van der Waals surface area contributed by atoms with E-state index in [1.807, 2.05) is 53.1 Å². The lowest BCUT2D eigenvalue weighted by molar-refractivity contribution is -0.763. The van der Waals surface area contributed by atoms with Gasteiger partial charge in [-0.1, -0.05) is 90.4 Å². The van der Waals surface area contributed by atoms with Crippen LogP contribution in [0.25, 0.3) is 22.5 Å². The van der Waals surface area contributed by atoms with Crippen molar-refractivity contribution in [2.75, 3.05) is 0 Å². The second-order valence-corrected chi connectivity index (χ2v) is 10.0. The molecular formula is C30H26ClN7O6. The number of aryl methyl sites for hydroxylation is 1. The van der Waals surface area contributed by atoms with Gasteiger partial charge in [0.05, 0.1) is 0 Å². The molecule has 0 aliphatic heterocycles. The summed E-state index contributed by atoms with van der Waals surface area (Å²) in [5, 5.41) is 21.9. The predicted octanol–water partition coefficient (Wildman–Crippen LogP) is 5.82. The molecule has 5 aromatic rings. The Hall–Kier alpha value is -5.43. The van der Waals surface area contributed by atoms with Gasteiger partial charge in [-0.2, -0.15) is 0 Å². The third kappa shape index (κ3) is 6.95. The molecule has 5 rings (SSSR count). The zero-order valence-electron chi connectivity index (χ0n) is 23.5. The lowest BCUT2D eigenvalue weighted by atomic mass is 9.98. The Kier molecular flexibility index (Phi) is 9.35. The minimum absolute atomic E-state index is 0.134. The summed E-state index contributed by atoms with van der Waals surface area (Å²) in [5.41, 5.74) is 4.09. The normalized spacial score (nSPS) is 10.9. The maximum Gasteiger partial charge on any atom is 0.459 e. The van der Waals surface area contributed by atoms with Gasteiger partial charge in [0.25, 0.3) is 5.09 Å². The van der Waals surface area contributed by atoms with Crippen LogP contribution < -0.4 is 4.74 Å². The first-order chi connectivity index (χ1) is 21.4. The SMILES string of the molecule is CCCCc1nc(Cl)c(C=O)n1Cc1ccc(-c2ccccc2-c2nnn(C(=O)Oc3cccc(CO[N+](=O)[O-])c3)n2)cc1. The van der Waals surface area contributed by atoms with Crippen molar-refractivity contribution in [3.8, 4) is 28.3 Å². The van der Waals surface area contributed by atoms with E-state index in [0.717, 1.165) is 52.9 Å². The molecule has 44 heavy (non-hydrogen) atoms. The van der Waals surface area contributed by atoms with Gasteiger partial charge in [-0.05, 0) is 46.0 Å². The molecule has 2 aromatic heterocycles. The predicted molar refractivity (Wildman–Crippen MR) is 159 cm³/mol. The van der Waals surface area contributed by atoms with Crippen LogP contribution in [0.1, 0.15) is 47.2 Å². The van der Waals surface area contributed by atoms with Crippen molar-refractivity contribution in [1.82, 2.24) is 29.8 Å². The van der Waals surface area contributed by atoms with Gasteiger partial charge >= 0.3 is 6.09 Å². The number of nitrogens with zero attached hydrogens (tertiary/aromatic N) is 7. The van der Waals surface area contributed by atoms with E-state index >= 15 is 0 Å². The van der Waals surface area contributed by atoms with Crippen LogP contribution in [0.5, 0.6) is 5.75 Å². The summed E-state index contributed by atoms with van der Waals surface area (Å²) < 4.78 is 7.17. The van der Waals surface area contributed by atoms with Crippen molar-refractivity contribution >= 4 is 24.0 Å². The average molecular weight is 616 g/mol. The van der Waals surface area contributed by atoms with E-state index in [0.29, 0.717) is 23.4 Å². The van der Waals surface area contributed by atoms with Gasteiger partial charge in [0.2, 0.25) is 5.82 Å². The minimum Gasteiger partial charge on any atom is -0.408 e. The van der Waals surface area contributed by atoms with Crippen molar-refractivity contribution in [3.63, 3.8) is 0 Å². The molecule has 0 bridgehead atoms. The fourth-order valence-corrected chi connectivity index (χ4v) is 4.81. The van der Waals surface area contributed by atoms with Gasteiger partial charge < -0.3 is 14.1 Å². The van der Waals surface area contributed by atoms with Crippen LogP contribution in [0.2, 0.25) is 5.15 Å². The first kappa shape index (κ1) is 30.0. The number of carbonyl (C=O) groups is 2. The van der Waals surface area contributed by atoms with Crippen molar-refractivity contribution < 1.29 is 24.3 Å². The van der Waals surface area contributed by atoms with E-state index < -0.39 is 11.2 Å². The Balaban J connectivity index is 1.33. The van der Waals surface area contributed by atoms with Gasteiger partial charge in [0, 0.05) is 18.5 Å². The monoisotopic (exact) mass is 615 g/mol. The van der Waals surface area contributed by atoms with Crippen LogP contribution >= 0.6 is 11.6 Å². The molecule has 0 aliphatic carbocycles. The van der Waals surface area contributed by atoms with Gasteiger partial charge in [-0.25, -0.2) is 9.78 Å². The van der Waals surface area contributed by atoms with Crippen molar-refractivity contribution in [2.24, 2.45) is 0 Å². The summed E-state index contributed by atoms with van der Waals surface area (Å²) in [4.78, 5) is 44.4. The number of aromatic nitrogens is 6. The quantitative estimate of drug-likeness (QED) is 0.0951. The molecule has 0 saturated heterocycles. The maximum atomic E-state index is 12.7. The molecule has 0 atom stereocenters. The number of aldehydes is 1. The summed E-state index contributed by atoms with van der Waals surface area (Å²) in [7, 11) is 0. The van der Waals surface area contributed by atoms with Crippen molar-refractivity contribution in [3.05, 3.63) is 111 Å². The lowest BCUT2D eigenvalue weighted by Gasteiger charge is -2.11. The highest BCUT2D eigenvalue weighted by Crippen LogP contribution is 2.30. The minimum atomic E-state index is -0.912. The average Bonchev–Trinajstić information content (AvgIpc) is 3.64. The van der Waals surface area contributed by atoms with Crippen molar-refractivity contribution in [2.45, 2.75) is 39.3 Å². The lowest BCUT2D eigenvalue weighted by Crippen LogP contribution is -2.20. The van der Waals surface area contributed by atoms with Crippen LogP contribution in [0.3, 0.4) is 0 Å². The summed E-state index contributed by atoms with van der Waals surface area (Å²) >= 11 is 6.23. The molecule has 0 amide bonds. The molecule has 2 heterocycles. The molecule has 0 unspecified atom stereocenters. The van der Waals surface area contributed by atoms with E-state index in [1.54, 1.807) is 12.1 Å². The number of benzene rings is 3. The number of rotatable bonds is 12. The van der Waals surface area contributed by atoms with Crippen LogP contribution in [0.4, 0.5) is 4.79 Å². The molecule has 0 radical (unpaired) electrons. The molecule has 0 spiro atoms. The number of unbranched alkanes of at least 4 members (excludes halogenated alkanes) is 1. The number of halogens is 1. The van der Waals surface area contributed by atoms with E-state index in [-0.39, 0.29) is 23.3 Å². The molecule has 13 nitrogen and oxygen atoms in total. The largest absolute Gasteiger partial charge is 0.459 e. The van der Waals surface area contributed by atoms with Gasteiger partial charge in [0.15, 0.2) is 11.4 Å². The van der Waals surface area contributed by atoms with Crippen LogP contribution in [0, 0.1) is 10.1 Å². The Morgan fingerprint density at radius 3 is 2.55 bits per heavy atom. The Bertz CT molecular complexity index is 1800.